The average Bonchev–Trinajstić information content (AvgIpc) is 3.01. The van der Waals surface area contributed by atoms with Crippen molar-refractivity contribution in [3.63, 3.8) is 0 Å². The Hall–Kier alpha value is -3.23. The van der Waals surface area contributed by atoms with Crippen LogP contribution in [0.5, 0.6) is 0 Å². The molecule has 3 rings (SSSR count). The van der Waals surface area contributed by atoms with Gasteiger partial charge in [0, 0.05) is 49.5 Å². The Balaban J connectivity index is 1.54. The van der Waals surface area contributed by atoms with Crippen LogP contribution in [0.3, 0.4) is 0 Å². The molecule has 0 saturated carbocycles. The number of rotatable bonds is 9. The van der Waals surface area contributed by atoms with Crippen molar-refractivity contribution in [1.82, 2.24) is 15.5 Å². The third-order valence-corrected chi connectivity index (χ3v) is 4.98. The van der Waals surface area contributed by atoms with Crippen LogP contribution < -0.4 is 10.6 Å². The number of carbonyl (C=O) groups excluding carboxylic acids is 4. The Labute approximate surface area is 184 Å². The third kappa shape index (κ3) is 5.28. The van der Waals surface area contributed by atoms with E-state index in [0.717, 1.165) is 4.90 Å². The fourth-order valence-corrected chi connectivity index (χ4v) is 3.38. The molecule has 1 heterocycles. The van der Waals surface area contributed by atoms with Gasteiger partial charge in [0.15, 0.2) is 0 Å². The lowest BCUT2D eigenvalue weighted by Gasteiger charge is -2.12. The molecule has 31 heavy (non-hydrogen) atoms. The second-order valence-corrected chi connectivity index (χ2v) is 7.33. The highest BCUT2D eigenvalue weighted by Gasteiger charge is 2.35. The smallest absolute Gasteiger partial charge is 0.261 e. The number of hydrogen-bond acceptors (Lipinski definition) is 5. The van der Waals surface area contributed by atoms with Crippen LogP contribution in [-0.4, -0.2) is 61.9 Å². The van der Waals surface area contributed by atoms with Gasteiger partial charge in [-0.15, -0.1) is 0 Å². The summed E-state index contributed by atoms with van der Waals surface area (Å²) in [6, 6.07) is 11.0. The van der Waals surface area contributed by atoms with Crippen LogP contribution in [-0.2, 0) is 4.74 Å². The molecule has 1 aliphatic heterocycles. The summed E-state index contributed by atoms with van der Waals surface area (Å²) in [6.45, 7) is 1.11. The van der Waals surface area contributed by atoms with Gasteiger partial charge in [-0.1, -0.05) is 17.7 Å². The van der Waals surface area contributed by atoms with Crippen LogP contribution >= 0.6 is 11.6 Å². The fraction of sp³-hybridized carbons (Fsp3) is 0.273. The number of carbonyl (C=O) groups is 4. The lowest BCUT2D eigenvalue weighted by atomic mass is 10.1. The molecule has 2 aromatic rings. The second-order valence-electron chi connectivity index (χ2n) is 6.89. The van der Waals surface area contributed by atoms with E-state index in [0.29, 0.717) is 23.6 Å². The van der Waals surface area contributed by atoms with Gasteiger partial charge in [0.1, 0.15) is 0 Å². The van der Waals surface area contributed by atoms with Gasteiger partial charge in [-0.3, -0.25) is 24.1 Å². The molecule has 162 valence electrons. The molecule has 0 radical (unpaired) electrons. The highest BCUT2D eigenvalue weighted by atomic mass is 35.5. The minimum absolute atomic E-state index is 0.193. The first-order chi connectivity index (χ1) is 14.9. The topological polar surface area (TPSA) is 105 Å². The van der Waals surface area contributed by atoms with Gasteiger partial charge in [0.2, 0.25) is 0 Å². The average molecular weight is 444 g/mol. The lowest BCUT2D eigenvalue weighted by Crippen LogP contribution is -2.34. The van der Waals surface area contributed by atoms with Gasteiger partial charge in [-0.05, 0) is 42.8 Å². The monoisotopic (exact) mass is 443 g/mol. The molecule has 2 N–H and O–H groups in total. The van der Waals surface area contributed by atoms with E-state index in [-0.39, 0.29) is 48.1 Å². The first-order valence-corrected chi connectivity index (χ1v) is 10.1. The predicted octanol–water partition coefficient (Wildman–Crippen LogP) is 2.13. The van der Waals surface area contributed by atoms with Crippen LogP contribution in [0.4, 0.5) is 0 Å². The van der Waals surface area contributed by atoms with Crippen LogP contribution in [0.2, 0.25) is 5.02 Å². The van der Waals surface area contributed by atoms with Crippen molar-refractivity contribution < 1.29 is 23.9 Å². The summed E-state index contributed by atoms with van der Waals surface area (Å²) in [7, 11) is 1.55. The van der Waals surface area contributed by atoms with Crippen LogP contribution in [0.1, 0.15) is 47.9 Å². The number of fused-ring (bicyclic) bond motifs is 1. The predicted molar refractivity (Wildman–Crippen MR) is 114 cm³/mol. The zero-order valence-corrected chi connectivity index (χ0v) is 17.7. The Kier molecular flexibility index (Phi) is 7.38. The molecule has 4 amide bonds. The minimum atomic E-state index is -0.417. The van der Waals surface area contributed by atoms with Crippen molar-refractivity contribution >= 4 is 35.2 Å². The number of hydrogen-bond donors (Lipinski definition) is 2. The number of ether oxygens (including phenoxy) is 1. The molecule has 0 saturated heterocycles. The molecular weight excluding hydrogens is 422 g/mol. The van der Waals surface area contributed by atoms with Gasteiger partial charge in [0.25, 0.3) is 23.6 Å². The summed E-state index contributed by atoms with van der Waals surface area (Å²) in [4.78, 5) is 50.6. The highest BCUT2D eigenvalue weighted by Crippen LogP contribution is 2.24. The number of nitrogens with zero attached hydrogens (tertiary/aromatic N) is 1. The quantitative estimate of drug-likeness (QED) is 0.456. The number of methoxy groups -OCH3 is 1. The molecule has 8 nitrogen and oxygen atoms in total. The molecule has 0 atom stereocenters. The highest BCUT2D eigenvalue weighted by molar-refractivity contribution is 6.31. The number of halogens is 1. The summed E-state index contributed by atoms with van der Waals surface area (Å²) in [5, 5.41) is 5.83. The van der Waals surface area contributed by atoms with Crippen molar-refractivity contribution in [2.45, 2.75) is 6.42 Å². The van der Waals surface area contributed by atoms with Gasteiger partial charge in [-0.2, -0.15) is 0 Å². The standard InChI is InChI=1S/C22H22ClN3O5/c1-31-11-3-10-26-21(29)17-7-6-15(13-18(17)22(26)30)20(28)25-9-8-24-19(27)14-4-2-5-16(23)12-14/h2,4-7,12-13H,3,8-11H2,1H3,(H,24,27)(H,25,28). The minimum Gasteiger partial charge on any atom is -0.385 e. The molecular formula is C22H22ClN3O5. The van der Waals surface area contributed by atoms with Crippen molar-refractivity contribution in [2.24, 2.45) is 0 Å². The first-order valence-electron chi connectivity index (χ1n) is 9.73. The van der Waals surface area contributed by atoms with Crippen LogP contribution in [0.25, 0.3) is 0 Å². The van der Waals surface area contributed by atoms with Crippen molar-refractivity contribution in [2.75, 3.05) is 33.4 Å². The van der Waals surface area contributed by atoms with Gasteiger partial charge in [-0.25, -0.2) is 0 Å². The van der Waals surface area contributed by atoms with Crippen LogP contribution in [0.15, 0.2) is 42.5 Å². The number of benzene rings is 2. The Bertz CT molecular complexity index is 1020. The normalized spacial score (nSPS) is 12.6. The van der Waals surface area contributed by atoms with Gasteiger partial charge < -0.3 is 15.4 Å². The molecule has 0 fully saturated rings. The van der Waals surface area contributed by atoms with E-state index in [1.54, 1.807) is 31.4 Å². The molecule has 9 heteroatoms. The first kappa shape index (κ1) is 22.5. The number of nitrogens with one attached hydrogen (secondary N) is 2. The summed E-state index contributed by atoms with van der Waals surface area (Å²) >= 11 is 5.87. The Morgan fingerprint density at radius 3 is 2.23 bits per heavy atom. The largest absolute Gasteiger partial charge is 0.385 e. The zero-order valence-electron chi connectivity index (χ0n) is 16.9. The Morgan fingerprint density at radius 1 is 0.935 bits per heavy atom. The van der Waals surface area contributed by atoms with Crippen LogP contribution in [0, 0.1) is 0 Å². The van der Waals surface area contributed by atoms with E-state index in [1.165, 1.54) is 18.2 Å². The van der Waals surface area contributed by atoms with Crippen molar-refractivity contribution in [3.05, 3.63) is 69.7 Å². The maximum atomic E-state index is 12.5. The molecule has 1 aliphatic rings. The SMILES string of the molecule is COCCCN1C(=O)c2ccc(C(=O)NCCNC(=O)c3cccc(Cl)c3)cc2C1=O. The zero-order chi connectivity index (χ0) is 22.4. The number of amides is 4. The van der Waals surface area contributed by atoms with E-state index in [4.69, 9.17) is 16.3 Å². The lowest BCUT2D eigenvalue weighted by molar-refractivity contribution is 0.0638. The van der Waals surface area contributed by atoms with E-state index < -0.39 is 11.8 Å². The number of imide groups is 1. The van der Waals surface area contributed by atoms with E-state index in [1.807, 2.05) is 0 Å². The van der Waals surface area contributed by atoms with E-state index in [2.05, 4.69) is 10.6 Å². The van der Waals surface area contributed by atoms with E-state index >= 15 is 0 Å². The van der Waals surface area contributed by atoms with Crippen molar-refractivity contribution in [1.29, 1.82) is 0 Å². The molecule has 0 aliphatic carbocycles. The van der Waals surface area contributed by atoms with Gasteiger partial charge in [0.05, 0.1) is 11.1 Å². The maximum Gasteiger partial charge on any atom is 0.261 e. The summed E-state index contributed by atoms with van der Waals surface area (Å²) < 4.78 is 4.96. The second kappa shape index (κ2) is 10.2. The molecule has 0 spiro atoms. The summed E-state index contributed by atoms with van der Waals surface area (Å²) in [5.41, 5.74) is 1.19. The third-order valence-electron chi connectivity index (χ3n) is 4.75. The molecule has 0 bridgehead atoms. The molecule has 0 unspecified atom stereocenters. The summed E-state index contributed by atoms with van der Waals surface area (Å²) in [5.74, 6) is -1.49. The maximum absolute atomic E-state index is 12.5. The van der Waals surface area contributed by atoms with Gasteiger partial charge >= 0.3 is 0 Å². The van der Waals surface area contributed by atoms with E-state index in [9.17, 15) is 19.2 Å². The summed E-state index contributed by atoms with van der Waals surface area (Å²) in [6.07, 6.45) is 0.538. The molecule has 0 aromatic heterocycles. The fourth-order valence-electron chi connectivity index (χ4n) is 3.19. The van der Waals surface area contributed by atoms with Crippen molar-refractivity contribution in [3.8, 4) is 0 Å². The molecule has 2 aromatic carbocycles. The Morgan fingerprint density at radius 2 is 1.58 bits per heavy atom.